The van der Waals surface area contributed by atoms with E-state index in [4.69, 9.17) is 33.4 Å². The molecule has 3 heterocycles. The maximum atomic E-state index is 16.2. The summed E-state index contributed by atoms with van der Waals surface area (Å²) in [7, 11) is 0. The van der Waals surface area contributed by atoms with Gasteiger partial charge in [-0.1, -0.05) is 41.9 Å². The Morgan fingerprint density at radius 2 is 2.03 bits per heavy atom. The number of nitrogens with one attached hydrogen (secondary N) is 1. The topological polar surface area (TPSA) is 77.9 Å². The van der Waals surface area contributed by atoms with Gasteiger partial charge in [0, 0.05) is 41.2 Å². The molecule has 6 rings (SSSR count). The summed E-state index contributed by atoms with van der Waals surface area (Å²) < 4.78 is 43.9. The number of halogens is 3. The fraction of sp³-hybridized carbons (Fsp3) is 0.310. The smallest absolute Gasteiger partial charge is 0.251 e. The van der Waals surface area contributed by atoms with Crippen molar-refractivity contribution >= 4 is 17.5 Å². The number of primary amides is 1. The summed E-state index contributed by atoms with van der Waals surface area (Å²) in [5, 5.41) is 3.18. The van der Waals surface area contributed by atoms with Crippen LogP contribution in [-0.4, -0.2) is 31.1 Å². The van der Waals surface area contributed by atoms with Gasteiger partial charge in [-0.15, -0.1) is 0 Å². The fourth-order valence-electron chi connectivity index (χ4n) is 6.08. The number of hydrogen-bond acceptors (Lipinski definition) is 4. The van der Waals surface area contributed by atoms with E-state index in [2.05, 4.69) is 10.2 Å². The normalized spacial score (nSPS) is 23.3. The molecule has 3 aliphatic rings. The number of nitrogens with zero attached hydrogens (tertiary/aromatic N) is 1. The van der Waals surface area contributed by atoms with Gasteiger partial charge >= 0.3 is 0 Å². The highest BCUT2D eigenvalue weighted by Gasteiger charge is 2.50. The molecule has 3 aliphatic heterocycles. The van der Waals surface area contributed by atoms with E-state index in [1.165, 1.54) is 12.1 Å². The van der Waals surface area contributed by atoms with Gasteiger partial charge in [0.25, 0.3) is 6.54 Å². The van der Waals surface area contributed by atoms with E-state index in [1.807, 2.05) is 30.3 Å². The number of benzene rings is 3. The van der Waals surface area contributed by atoms with Gasteiger partial charge in [0.05, 0.1) is 16.6 Å². The van der Waals surface area contributed by atoms with Crippen molar-refractivity contribution in [1.29, 1.82) is 0 Å². The van der Waals surface area contributed by atoms with Gasteiger partial charge in [0.15, 0.2) is 23.3 Å². The maximum Gasteiger partial charge on any atom is 0.251 e. The Labute approximate surface area is 223 Å². The Balaban J connectivity index is 1.57. The molecule has 3 aromatic rings. The number of carbonyl (C=O) groups is 1. The third kappa shape index (κ3) is 3.72. The van der Waals surface area contributed by atoms with Crippen LogP contribution in [0.4, 0.5) is 8.78 Å². The summed E-state index contributed by atoms with van der Waals surface area (Å²) in [4.78, 5) is 15.9. The second-order valence-corrected chi connectivity index (χ2v) is 10.3. The van der Waals surface area contributed by atoms with Crippen molar-refractivity contribution in [2.75, 3.05) is 13.1 Å². The van der Waals surface area contributed by atoms with Crippen LogP contribution in [0, 0.1) is 18.2 Å². The lowest BCUT2D eigenvalue weighted by Crippen LogP contribution is -2.48. The Bertz CT molecular complexity index is 1500. The van der Waals surface area contributed by atoms with Crippen LogP contribution >= 0.6 is 11.6 Å². The molecule has 1 fully saturated rings. The summed E-state index contributed by atoms with van der Waals surface area (Å²) >= 11 is 6.54. The monoisotopic (exact) mass is 535 g/mol. The molecule has 0 bridgehead atoms. The predicted molar refractivity (Wildman–Crippen MR) is 138 cm³/mol. The summed E-state index contributed by atoms with van der Waals surface area (Å²) in [6, 6.07) is 12.3. The van der Waals surface area contributed by atoms with E-state index >= 15 is 8.78 Å². The van der Waals surface area contributed by atoms with Crippen molar-refractivity contribution in [2.45, 2.75) is 43.4 Å². The van der Waals surface area contributed by atoms with Crippen LogP contribution < -0.4 is 20.5 Å². The van der Waals surface area contributed by atoms with E-state index in [-0.39, 0.29) is 58.6 Å². The van der Waals surface area contributed by atoms with Gasteiger partial charge in [0.2, 0.25) is 5.91 Å². The van der Waals surface area contributed by atoms with Gasteiger partial charge in [-0.25, -0.2) is 15.4 Å². The highest BCUT2D eigenvalue weighted by Crippen LogP contribution is 2.53. The first-order valence-corrected chi connectivity index (χ1v) is 12.9. The number of ether oxygens (including phenoxy) is 2. The van der Waals surface area contributed by atoms with E-state index < -0.39 is 29.2 Å². The van der Waals surface area contributed by atoms with Crippen molar-refractivity contribution < 1.29 is 23.0 Å². The van der Waals surface area contributed by atoms with Gasteiger partial charge in [-0.2, -0.15) is 0 Å². The summed E-state index contributed by atoms with van der Waals surface area (Å²) in [5.41, 5.74) is 6.34. The zero-order chi connectivity index (χ0) is 26.6. The Kier molecular flexibility index (Phi) is 6.01. The highest BCUT2D eigenvalue weighted by molar-refractivity contribution is 6.34. The minimum Gasteiger partial charge on any atom is -0.480 e. The van der Waals surface area contributed by atoms with Crippen molar-refractivity contribution in [3.05, 3.63) is 92.8 Å². The predicted octanol–water partition coefficient (Wildman–Crippen LogP) is 5.19. The average molecular weight is 536 g/mol. The largest absolute Gasteiger partial charge is 0.480 e. The van der Waals surface area contributed by atoms with Gasteiger partial charge < -0.3 is 25.4 Å². The second kappa shape index (κ2) is 9.26. The van der Waals surface area contributed by atoms with Crippen molar-refractivity contribution in [3.8, 4) is 22.6 Å². The highest BCUT2D eigenvalue weighted by atomic mass is 35.5. The molecule has 0 radical (unpaired) electrons. The Hall–Kier alpha value is -3.67. The third-order valence-corrected chi connectivity index (χ3v) is 8.11. The quantitative estimate of drug-likeness (QED) is 0.441. The SMILES string of the molecule is [C-]#[N+]CC1Cc2cc(C(N)=O)c(-c3c(Cl)c(F)cc4c3C[C@](c3ccccc3)([C@@H]3CCCN3)O4)c(F)c2O1. The molecule has 0 saturated carbocycles. The lowest BCUT2D eigenvalue weighted by Gasteiger charge is -2.35. The summed E-state index contributed by atoms with van der Waals surface area (Å²) in [6.07, 6.45) is 1.77. The molecule has 3 aromatic carbocycles. The minimum atomic E-state index is -0.886. The van der Waals surface area contributed by atoms with Crippen LogP contribution in [0.15, 0.2) is 42.5 Å². The first-order valence-electron chi connectivity index (χ1n) is 12.5. The summed E-state index contributed by atoms with van der Waals surface area (Å²) in [6.45, 7) is 7.98. The number of nitrogens with two attached hydrogens (primary N) is 1. The molecule has 194 valence electrons. The van der Waals surface area contributed by atoms with E-state index in [0.717, 1.165) is 24.9 Å². The number of amides is 1. The number of rotatable bonds is 5. The maximum absolute atomic E-state index is 16.2. The molecule has 1 unspecified atom stereocenters. The molecule has 0 aromatic heterocycles. The van der Waals surface area contributed by atoms with Crippen molar-refractivity contribution in [2.24, 2.45) is 5.73 Å². The van der Waals surface area contributed by atoms with E-state index in [9.17, 15) is 4.79 Å². The van der Waals surface area contributed by atoms with Crippen molar-refractivity contribution in [3.63, 3.8) is 0 Å². The molecular weight excluding hydrogens is 512 g/mol. The fourth-order valence-corrected chi connectivity index (χ4v) is 6.34. The lowest BCUT2D eigenvalue weighted by atomic mass is 9.80. The molecule has 3 atom stereocenters. The molecule has 6 nitrogen and oxygen atoms in total. The van der Waals surface area contributed by atoms with Crippen molar-refractivity contribution in [1.82, 2.24) is 5.32 Å². The molecular formula is C29H24ClF2N3O3. The van der Waals surface area contributed by atoms with Gasteiger partial charge in [-0.05, 0) is 31.0 Å². The molecule has 1 saturated heterocycles. The first-order chi connectivity index (χ1) is 18.3. The van der Waals surface area contributed by atoms with Gasteiger partial charge in [0.1, 0.15) is 11.6 Å². The minimum absolute atomic E-state index is 0.0313. The second-order valence-electron chi connectivity index (χ2n) is 9.96. The standard InChI is InChI=1S/C29H24ClF2N3O3/c1-34-14-17-10-15-11-18(28(33)36)24(26(32)27(15)37-17)23-19-13-29(22-8-5-9-35-22,16-6-3-2-4-7-16)38-21(19)12-20(31)25(23)30/h2-4,6-7,11-12,17,22,35H,5,8-10,13-14H2,(H2,33,36)/t17?,22-,29-/m0/s1. The van der Waals surface area contributed by atoms with Crippen LogP contribution in [0.1, 0.15) is 39.9 Å². The van der Waals surface area contributed by atoms with E-state index in [0.29, 0.717) is 11.1 Å². The summed E-state index contributed by atoms with van der Waals surface area (Å²) in [5.74, 6) is -2.37. The molecule has 1 amide bonds. The molecule has 9 heteroatoms. The third-order valence-electron chi connectivity index (χ3n) is 7.74. The number of hydrogen-bond donors (Lipinski definition) is 2. The Morgan fingerprint density at radius 3 is 2.71 bits per heavy atom. The zero-order valence-electron chi connectivity index (χ0n) is 20.3. The van der Waals surface area contributed by atoms with Crippen LogP contribution in [-0.2, 0) is 18.4 Å². The molecule has 3 N–H and O–H groups in total. The number of carbonyl (C=O) groups excluding carboxylic acids is 1. The van der Waals surface area contributed by atoms with Crippen LogP contribution in [0.25, 0.3) is 16.0 Å². The molecule has 38 heavy (non-hydrogen) atoms. The molecule has 0 aliphatic carbocycles. The Morgan fingerprint density at radius 1 is 1.24 bits per heavy atom. The molecule has 0 spiro atoms. The lowest BCUT2D eigenvalue weighted by molar-refractivity contribution is 0.0539. The van der Waals surface area contributed by atoms with E-state index in [1.54, 1.807) is 0 Å². The van der Waals surface area contributed by atoms with Crippen LogP contribution in [0.5, 0.6) is 11.5 Å². The van der Waals surface area contributed by atoms with Gasteiger partial charge in [-0.3, -0.25) is 4.79 Å². The zero-order valence-corrected chi connectivity index (χ0v) is 21.1. The van der Waals surface area contributed by atoms with Crippen LogP contribution in [0.2, 0.25) is 5.02 Å². The first kappa shape index (κ1) is 24.7. The number of fused-ring (bicyclic) bond motifs is 2. The van der Waals surface area contributed by atoms with Crippen LogP contribution in [0.3, 0.4) is 0 Å². The average Bonchev–Trinajstić information content (AvgIpc) is 3.65.